The van der Waals surface area contributed by atoms with Gasteiger partial charge >= 0.3 is 0 Å². The molecule has 0 aromatic rings. The van der Waals surface area contributed by atoms with Crippen molar-refractivity contribution >= 4 is 10.0 Å². The average molecular weight is 209 g/mol. The quantitative estimate of drug-likeness (QED) is 0.702. The number of sulfonamides is 1. The van der Waals surface area contributed by atoms with Gasteiger partial charge < -0.3 is 4.74 Å². The Kier molecular flexibility index (Phi) is 4.88. The van der Waals surface area contributed by atoms with E-state index in [0.29, 0.717) is 13.0 Å². The molecule has 0 saturated heterocycles. The van der Waals surface area contributed by atoms with E-state index in [4.69, 9.17) is 4.74 Å². The molecule has 1 N–H and O–H groups in total. The molecule has 0 saturated carbocycles. The fraction of sp³-hybridized carbons (Fsp3) is 1.00. The molecular formula is C8H19NO3S. The van der Waals surface area contributed by atoms with E-state index >= 15 is 0 Å². The van der Waals surface area contributed by atoms with Gasteiger partial charge in [-0.2, -0.15) is 0 Å². The summed E-state index contributed by atoms with van der Waals surface area (Å²) in [5.41, 5.74) is -0.525. The number of ether oxygens (including phenoxy) is 1. The lowest BCUT2D eigenvalue weighted by atomic mass is 10.1. The molecule has 0 aromatic heterocycles. The van der Waals surface area contributed by atoms with Crippen molar-refractivity contribution in [3.8, 4) is 0 Å². The van der Waals surface area contributed by atoms with Gasteiger partial charge in [0.05, 0.1) is 17.9 Å². The van der Waals surface area contributed by atoms with Crippen molar-refractivity contribution < 1.29 is 13.2 Å². The van der Waals surface area contributed by atoms with Crippen LogP contribution in [0.2, 0.25) is 0 Å². The molecule has 80 valence electrons. The minimum Gasteiger partial charge on any atom is -0.383 e. The summed E-state index contributed by atoms with van der Waals surface area (Å²) >= 11 is 0. The first-order chi connectivity index (χ1) is 5.83. The standard InChI is InChI=1S/C8H19NO3S/c1-5-6-13(10,11)9-8(2,3)7-12-4/h9H,5-7H2,1-4H3. The molecule has 0 spiro atoms. The zero-order chi connectivity index (χ0) is 10.5. The summed E-state index contributed by atoms with van der Waals surface area (Å²) < 4.78 is 30.2. The lowest BCUT2D eigenvalue weighted by Gasteiger charge is -2.24. The fourth-order valence-electron chi connectivity index (χ4n) is 1.13. The number of nitrogens with one attached hydrogen (secondary N) is 1. The summed E-state index contributed by atoms with van der Waals surface area (Å²) in [4.78, 5) is 0. The predicted octanol–water partition coefficient (Wildman–Crippen LogP) is 0.741. The van der Waals surface area contributed by atoms with Crippen LogP contribution in [-0.4, -0.2) is 33.4 Å². The smallest absolute Gasteiger partial charge is 0.212 e. The molecule has 0 aliphatic rings. The van der Waals surface area contributed by atoms with Crippen LogP contribution in [0.1, 0.15) is 27.2 Å². The maximum atomic E-state index is 11.4. The van der Waals surface area contributed by atoms with Gasteiger partial charge in [-0.05, 0) is 20.3 Å². The van der Waals surface area contributed by atoms with Gasteiger partial charge in [0.1, 0.15) is 0 Å². The van der Waals surface area contributed by atoms with E-state index in [-0.39, 0.29) is 5.75 Å². The predicted molar refractivity (Wildman–Crippen MR) is 53.2 cm³/mol. The van der Waals surface area contributed by atoms with Crippen LogP contribution in [0, 0.1) is 0 Å². The number of hydrogen-bond donors (Lipinski definition) is 1. The van der Waals surface area contributed by atoms with Gasteiger partial charge in [-0.25, -0.2) is 13.1 Å². The van der Waals surface area contributed by atoms with Crippen molar-refractivity contribution in [2.24, 2.45) is 0 Å². The molecular weight excluding hydrogens is 190 g/mol. The summed E-state index contributed by atoms with van der Waals surface area (Å²) in [6.45, 7) is 5.80. The van der Waals surface area contributed by atoms with Crippen LogP contribution in [0.25, 0.3) is 0 Å². The van der Waals surface area contributed by atoms with Gasteiger partial charge in [-0.1, -0.05) is 6.92 Å². The highest BCUT2D eigenvalue weighted by atomic mass is 32.2. The van der Waals surface area contributed by atoms with Crippen molar-refractivity contribution in [3.05, 3.63) is 0 Å². The molecule has 0 heterocycles. The average Bonchev–Trinajstić information content (AvgIpc) is 1.82. The third-order valence-electron chi connectivity index (χ3n) is 1.41. The second-order valence-corrected chi connectivity index (χ2v) is 5.58. The van der Waals surface area contributed by atoms with E-state index in [9.17, 15) is 8.42 Å². The highest BCUT2D eigenvalue weighted by Crippen LogP contribution is 2.05. The largest absolute Gasteiger partial charge is 0.383 e. The van der Waals surface area contributed by atoms with Crippen LogP contribution < -0.4 is 4.72 Å². The van der Waals surface area contributed by atoms with Crippen LogP contribution in [0.3, 0.4) is 0 Å². The summed E-state index contributed by atoms with van der Waals surface area (Å²) in [5, 5.41) is 0. The summed E-state index contributed by atoms with van der Waals surface area (Å²) in [5.74, 6) is 0.167. The van der Waals surface area contributed by atoms with Crippen LogP contribution in [0.5, 0.6) is 0 Å². The SMILES string of the molecule is CCCS(=O)(=O)NC(C)(C)COC. The maximum absolute atomic E-state index is 11.4. The Balaban J connectivity index is 4.25. The van der Waals surface area contributed by atoms with Gasteiger partial charge in [0.2, 0.25) is 10.0 Å². The van der Waals surface area contributed by atoms with Crippen LogP contribution in [0.4, 0.5) is 0 Å². The summed E-state index contributed by atoms with van der Waals surface area (Å²) in [6.07, 6.45) is 0.623. The normalized spacial score (nSPS) is 13.2. The highest BCUT2D eigenvalue weighted by molar-refractivity contribution is 7.89. The molecule has 0 amide bonds. The fourth-order valence-corrected chi connectivity index (χ4v) is 2.67. The first-order valence-corrected chi connectivity index (χ1v) is 5.99. The molecule has 0 atom stereocenters. The zero-order valence-electron chi connectivity index (χ0n) is 8.75. The minimum atomic E-state index is -3.14. The van der Waals surface area contributed by atoms with Gasteiger partial charge in [0.25, 0.3) is 0 Å². The molecule has 0 aliphatic carbocycles. The van der Waals surface area contributed by atoms with Crippen LogP contribution in [-0.2, 0) is 14.8 Å². The van der Waals surface area contributed by atoms with E-state index < -0.39 is 15.6 Å². The van der Waals surface area contributed by atoms with E-state index in [1.165, 1.54) is 0 Å². The minimum absolute atomic E-state index is 0.167. The number of methoxy groups -OCH3 is 1. The third-order valence-corrected chi connectivity index (χ3v) is 3.22. The molecule has 13 heavy (non-hydrogen) atoms. The molecule has 5 heteroatoms. The molecule has 4 nitrogen and oxygen atoms in total. The summed E-state index contributed by atoms with van der Waals surface area (Å²) in [7, 11) is -1.59. The molecule has 0 unspecified atom stereocenters. The Hall–Kier alpha value is -0.130. The molecule has 0 aromatic carbocycles. The Bertz CT molecular complexity index is 234. The molecule has 0 fully saturated rings. The lowest BCUT2D eigenvalue weighted by molar-refractivity contribution is 0.141. The van der Waals surface area contributed by atoms with Crippen molar-refractivity contribution in [3.63, 3.8) is 0 Å². The highest BCUT2D eigenvalue weighted by Gasteiger charge is 2.23. The Morgan fingerprint density at radius 2 is 1.92 bits per heavy atom. The van der Waals surface area contributed by atoms with Gasteiger partial charge in [-0.3, -0.25) is 0 Å². The molecule has 0 radical (unpaired) electrons. The summed E-state index contributed by atoms with van der Waals surface area (Å²) in [6, 6.07) is 0. The van der Waals surface area contributed by atoms with Gasteiger partial charge in [0.15, 0.2) is 0 Å². The van der Waals surface area contributed by atoms with Gasteiger partial charge in [-0.15, -0.1) is 0 Å². The maximum Gasteiger partial charge on any atom is 0.212 e. The van der Waals surface area contributed by atoms with Crippen molar-refractivity contribution in [1.82, 2.24) is 4.72 Å². The third kappa shape index (κ3) is 6.01. The number of rotatable bonds is 6. The van der Waals surface area contributed by atoms with E-state index in [1.807, 2.05) is 6.92 Å². The van der Waals surface area contributed by atoms with Crippen molar-refractivity contribution in [1.29, 1.82) is 0 Å². The zero-order valence-corrected chi connectivity index (χ0v) is 9.57. The van der Waals surface area contributed by atoms with E-state index in [2.05, 4.69) is 4.72 Å². The Morgan fingerprint density at radius 1 is 1.38 bits per heavy atom. The van der Waals surface area contributed by atoms with E-state index in [1.54, 1.807) is 21.0 Å². The lowest BCUT2D eigenvalue weighted by Crippen LogP contribution is -2.47. The molecule has 0 bridgehead atoms. The Morgan fingerprint density at radius 3 is 2.31 bits per heavy atom. The monoisotopic (exact) mass is 209 g/mol. The molecule has 0 aliphatic heterocycles. The van der Waals surface area contributed by atoms with Gasteiger partial charge in [0, 0.05) is 7.11 Å². The first kappa shape index (κ1) is 12.9. The van der Waals surface area contributed by atoms with Crippen molar-refractivity contribution in [2.75, 3.05) is 19.5 Å². The Labute approximate surface area is 80.7 Å². The van der Waals surface area contributed by atoms with Crippen molar-refractivity contribution in [2.45, 2.75) is 32.7 Å². The van der Waals surface area contributed by atoms with Crippen LogP contribution >= 0.6 is 0 Å². The second-order valence-electron chi connectivity index (χ2n) is 3.74. The van der Waals surface area contributed by atoms with E-state index in [0.717, 1.165) is 0 Å². The first-order valence-electron chi connectivity index (χ1n) is 4.33. The van der Waals surface area contributed by atoms with Crippen LogP contribution in [0.15, 0.2) is 0 Å². The molecule has 0 rings (SSSR count). The second kappa shape index (κ2) is 4.93. The topological polar surface area (TPSA) is 55.4 Å². The number of hydrogen-bond acceptors (Lipinski definition) is 3.